The zero-order valence-corrected chi connectivity index (χ0v) is 11.5. The summed E-state index contributed by atoms with van der Waals surface area (Å²) in [5.74, 6) is -0.285. The number of aryl methyl sites for hydroxylation is 1. The van der Waals surface area contributed by atoms with Crippen molar-refractivity contribution in [3.63, 3.8) is 0 Å². The molecule has 0 aromatic heterocycles. The van der Waals surface area contributed by atoms with Gasteiger partial charge in [-0.25, -0.2) is 0 Å². The van der Waals surface area contributed by atoms with Crippen LogP contribution in [-0.4, -0.2) is 34.5 Å². The van der Waals surface area contributed by atoms with Crippen LogP contribution in [0.15, 0.2) is 30.3 Å². The van der Waals surface area contributed by atoms with Crippen LogP contribution < -0.4 is 0 Å². The smallest absolute Gasteiger partial charge is 0.306 e. The van der Waals surface area contributed by atoms with Gasteiger partial charge in [0, 0.05) is 12.8 Å². The molecule has 0 aliphatic carbocycles. The molecule has 106 valence electrons. The van der Waals surface area contributed by atoms with Crippen LogP contribution in [0.1, 0.15) is 32.3 Å². The molecular formula is C15H22O4. The Hall–Kier alpha value is -1.39. The van der Waals surface area contributed by atoms with Crippen LogP contribution in [0.4, 0.5) is 0 Å². The molecule has 1 rings (SSSR count). The maximum absolute atomic E-state index is 11.5. The SMILES string of the molecule is CC(C)(O)C(O)CCOC(=O)CCc1ccccc1. The van der Waals surface area contributed by atoms with E-state index < -0.39 is 11.7 Å². The second-order valence-corrected chi connectivity index (χ2v) is 5.16. The number of aliphatic hydroxyl groups is 2. The predicted octanol–water partition coefficient (Wildman–Crippen LogP) is 1.68. The number of rotatable bonds is 7. The number of carbonyl (C=O) groups is 1. The fraction of sp³-hybridized carbons (Fsp3) is 0.533. The molecule has 0 aliphatic rings. The van der Waals surface area contributed by atoms with Gasteiger partial charge >= 0.3 is 5.97 Å². The molecule has 0 bridgehead atoms. The zero-order chi connectivity index (χ0) is 14.3. The second kappa shape index (κ2) is 7.26. The molecule has 1 atom stereocenters. The number of esters is 1. The standard InChI is InChI=1S/C15H22O4/c1-15(2,18)13(16)10-11-19-14(17)9-8-12-6-4-3-5-7-12/h3-7,13,16,18H,8-11H2,1-2H3. The maximum atomic E-state index is 11.5. The molecule has 0 saturated heterocycles. The highest BCUT2D eigenvalue weighted by Gasteiger charge is 2.24. The summed E-state index contributed by atoms with van der Waals surface area (Å²) in [6, 6.07) is 9.72. The Kier molecular flexibility index (Phi) is 5.99. The van der Waals surface area contributed by atoms with Crippen molar-refractivity contribution in [1.29, 1.82) is 0 Å². The van der Waals surface area contributed by atoms with E-state index in [0.29, 0.717) is 12.8 Å². The van der Waals surface area contributed by atoms with Crippen molar-refractivity contribution in [2.24, 2.45) is 0 Å². The molecule has 4 heteroatoms. The van der Waals surface area contributed by atoms with E-state index >= 15 is 0 Å². The molecule has 0 fully saturated rings. The van der Waals surface area contributed by atoms with Gasteiger partial charge in [0.2, 0.25) is 0 Å². The lowest BCUT2D eigenvalue weighted by Gasteiger charge is -2.24. The molecule has 0 spiro atoms. The number of benzene rings is 1. The van der Waals surface area contributed by atoms with E-state index in [9.17, 15) is 15.0 Å². The van der Waals surface area contributed by atoms with Crippen molar-refractivity contribution in [3.05, 3.63) is 35.9 Å². The van der Waals surface area contributed by atoms with Crippen LogP contribution >= 0.6 is 0 Å². The van der Waals surface area contributed by atoms with E-state index in [1.807, 2.05) is 30.3 Å². The fourth-order valence-corrected chi connectivity index (χ4v) is 1.60. The second-order valence-electron chi connectivity index (χ2n) is 5.16. The Morgan fingerprint density at radius 2 is 1.95 bits per heavy atom. The number of aliphatic hydroxyl groups excluding tert-OH is 1. The van der Waals surface area contributed by atoms with Crippen molar-refractivity contribution < 1.29 is 19.7 Å². The summed E-state index contributed by atoms with van der Waals surface area (Å²) in [7, 11) is 0. The Morgan fingerprint density at radius 1 is 1.32 bits per heavy atom. The van der Waals surface area contributed by atoms with E-state index in [1.165, 1.54) is 13.8 Å². The third kappa shape index (κ3) is 6.36. The molecule has 2 N–H and O–H groups in total. The van der Waals surface area contributed by atoms with Gasteiger partial charge in [-0.05, 0) is 25.8 Å². The summed E-state index contributed by atoms with van der Waals surface area (Å²) in [5.41, 5.74) is -0.0767. The monoisotopic (exact) mass is 266 g/mol. The summed E-state index contributed by atoms with van der Waals surface area (Å²) in [4.78, 5) is 11.5. The van der Waals surface area contributed by atoms with Crippen molar-refractivity contribution in [2.75, 3.05) is 6.61 Å². The van der Waals surface area contributed by atoms with Crippen molar-refractivity contribution in [2.45, 2.75) is 44.8 Å². The van der Waals surface area contributed by atoms with Gasteiger partial charge in [-0.1, -0.05) is 30.3 Å². The number of ether oxygens (including phenoxy) is 1. The third-order valence-electron chi connectivity index (χ3n) is 2.93. The van der Waals surface area contributed by atoms with Crippen LogP contribution in [0.25, 0.3) is 0 Å². The van der Waals surface area contributed by atoms with E-state index in [2.05, 4.69) is 0 Å². The number of hydrogen-bond acceptors (Lipinski definition) is 4. The third-order valence-corrected chi connectivity index (χ3v) is 2.93. The molecule has 4 nitrogen and oxygen atoms in total. The van der Waals surface area contributed by atoms with Crippen molar-refractivity contribution >= 4 is 5.97 Å². The van der Waals surface area contributed by atoms with Gasteiger partial charge in [-0.2, -0.15) is 0 Å². The van der Waals surface area contributed by atoms with Crippen LogP contribution in [0.2, 0.25) is 0 Å². The highest BCUT2D eigenvalue weighted by atomic mass is 16.5. The lowest BCUT2D eigenvalue weighted by molar-refractivity contribution is -0.145. The van der Waals surface area contributed by atoms with Gasteiger partial charge in [-0.3, -0.25) is 4.79 Å². The fourth-order valence-electron chi connectivity index (χ4n) is 1.60. The summed E-state index contributed by atoms with van der Waals surface area (Å²) in [5, 5.41) is 19.1. The van der Waals surface area contributed by atoms with E-state index in [0.717, 1.165) is 5.56 Å². The maximum Gasteiger partial charge on any atom is 0.306 e. The Bertz CT molecular complexity index is 381. The largest absolute Gasteiger partial charge is 0.466 e. The normalized spacial score (nSPS) is 13.1. The van der Waals surface area contributed by atoms with E-state index in [1.54, 1.807) is 0 Å². The average Bonchev–Trinajstić information content (AvgIpc) is 2.36. The summed E-state index contributed by atoms with van der Waals surface area (Å²) >= 11 is 0. The first-order valence-corrected chi connectivity index (χ1v) is 6.49. The first-order chi connectivity index (χ1) is 8.89. The minimum atomic E-state index is -1.17. The molecular weight excluding hydrogens is 244 g/mol. The average molecular weight is 266 g/mol. The molecule has 0 heterocycles. The van der Waals surface area contributed by atoms with Crippen LogP contribution in [-0.2, 0) is 16.0 Å². The molecule has 1 aromatic carbocycles. The van der Waals surface area contributed by atoms with Crippen LogP contribution in [0, 0.1) is 0 Å². The Morgan fingerprint density at radius 3 is 2.53 bits per heavy atom. The van der Waals surface area contributed by atoms with Gasteiger partial charge < -0.3 is 14.9 Å². The number of hydrogen-bond donors (Lipinski definition) is 2. The Balaban J connectivity index is 2.19. The van der Waals surface area contributed by atoms with Gasteiger partial charge in [-0.15, -0.1) is 0 Å². The zero-order valence-electron chi connectivity index (χ0n) is 11.5. The van der Waals surface area contributed by atoms with Gasteiger partial charge in [0.05, 0.1) is 18.3 Å². The predicted molar refractivity (Wildman–Crippen MR) is 72.6 cm³/mol. The highest BCUT2D eigenvalue weighted by molar-refractivity contribution is 5.69. The number of carbonyl (C=O) groups excluding carboxylic acids is 1. The van der Waals surface area contributed by atoms with Crippen LogP contribution in [0.3, 0.4) is 0 Å². The molecule has 0 saturated carbocycles. The topological polar surface area (TPSA) is 66.8 Å². The first-order valence-electron chi connectivity index (χ1n) is 6.49. The lowest BCUT2D eigenvalue weighted by atomic mass is 10.00. The van der Waals surface area contributed by atoms with Crippen molar-refractivity contribution in [1.82, 2.24) is 0 Å². The summed E-state index contributed by atoms with van der Waals surface area (Å²) in [6.45, 7) is 3.17. The molecule has 0 amide bonds. The molecule has 1 aromatic rings. The molecule has 0 aliphatic heterocycles. The van der Waals surface area contributed by atoms with Gasteiger partial charge in [0.15, 0.2) is 0 Å². The summed E-state index contributed by atoms with van der Waals surface area (Å²) < 4.78 is 5.02. The minimum Gasteiger partial charge on any atom is -0.466 e. The Labute approximate surface area is 114 Å². The van der Waals surface area contributed by atoms with Crippen molar-refractivity contribution in [3.8, 4) is 0 Å². The van der Waals surface area contributed by atoms with Gasteiger partial charge in [0.25, 0.3) is 0 Å². The highest BCUT2D eigenvalue weighted by Crippen LogP contribution is 2.11. The van der Waals surface area contributed by atoms with E-state index in [4.69, 9.17) is 4.74 Å². The minimum absolute atomic E-state index is 0.124. The lowest BCUT2D eigenvalue weighted by Crippen LogP contribution is -2.36. The van der Waals surface area contributed by atoms with Gasteiger partial charge in [0.1, 0.15) is 0 Å². The molecule has 19 heavy (non-hydrogen) atoms. The van der Waals surface area contributed by atoms with E-state index in [-0.39, 0.29) is 19.0 Å². The van der Waals surface area contributed by atoms with Crippen LogP contribution in [0.5, 0.6) is 0 Å². The molecule has 1 unspecified atom stereocenters. The summed E-state index contributed by atoms with van der Waals surface area (Å²) in [6.07, 6.45) is 0.311. The molecule has 0 radical (unpaired) electrons. The first kappa shape index (κ1) is 15.7. The quantitative estimate of drug-likeness (QED) is 0.737.